The van der Waals surface area contributed by atoms with Gasteiger partial charge in [0.15, 0.2) is 0 Å². The summed E-state index contributed by atoms with van der Waals surface area (Å²) in [6.07, 6.45) is 11.4. The number of carboxylic acids is 1. The maximum atomic E-state index is 13.1. The summed E-state index contributed by atoms with van der Waals surface area (Å²) in [6.45, 7) is 7.72. The summed E-state index contributed by atoms with van der Waals surface area (Å²) in [5, 5.41) is 9.56. The van der Waals surface area contributed by atoms with Gasteiger partial charge in [0.1, 0.15) is 0 Å². The first-order chi connectivity index (χ1) is 16.8. The predicted molar refractivity (Wildman–Crippen MR) is 139 cm³/mol. The highest BCUT2D eigenvalue weighted by atomic mass is 16.4. The number of piperidine rings is 1. The molecule has 0 spiro atoms. The lowest BCUT2D eigenvalue weighted by Gasteiger charge is -2.52. The number of carboxylic acid groups (broad SMARTS) is 1. The Hall–Kier alpha value is -2.21. The molecule has 2 saturated carbocycles. The van der Waals surface area contributed by atoms with E-state index >= 15 is 0 Å². The van der Waals surface area contributed by atoms with Crippen LogP contribution >= 0.6 is 0 Å². The monoisotopic (exact) mass is 479 g/mol. The Balaban J connectivity index is 1.37. The molecular formula is C29H41N3O3. The lowest BCUT2D eigenvalue weighted by atomic mass is 9.63. The number of nitrogens with zero attached hydrogens (tertiary/aromatic N) is 3. The van der Waals surface area contributed by atoms with Crippen molar-refractivity contribution in [2.24, 2.45) is 23.7 Å². The fourth-order valence-corrected chi connectivity index (χ4v) is 7.75. The van der Waals surface area contributed by atoms with Crippen molar-refractivity contribution in [1.82, 2.24) is 14.5 Å². The second-order valence-corrected chi connectivity index (χ2v) is 11.9. The Morgan fingerprint density at radius 3 is 2.49 bits per heavy atom. The van der Waals surface area contributed by atoms with Crippen molar-refractivity contribution < 1.29 is 9.90 Å². The smallest absolute Gasteiger partial charge is 0.360 e. The number of rotatable bonds is 6. The van der Waals surface area contributed by atoms with Gasteiger partial charge < -0.3 is 9.67 Å². The lowest BCUT2D eigenvalue weighted by Crippen LogP contribution is -2.54. The zero-order valence-electron chi connectivity index (χ0n) is 21.5. The highest BCUT2D eigenvalue weighted by Crippen LogP contribution is 2.47. The number of hydrogen-bond donors (Lipinski definition) is 1. The molecule has 2 heterocycles. The summed E-state index contributed by atoms with van der Waals surface area (Å²) in [5.41, 5.74) is 0.430. The van der Waals surface area contributed by atoms with Crippen molar-refractivity contribution in [2.45, 2.75) is 103 Å². The van der Waals surface area contributed by atoms with Gasteiger partial charge in [-0.25, -0.2) is 9.78 Å². The SMILES string of the molecule is CC(C)C1C[C@@H]2CC(N3[C@H](CCn4c(=O)c(C(=O)O)nc5ccccc54)CCC[C@@H]3C)C[C@H](C1)C2. The zero-order valence-corrected chi connectivity index (χ0v) is 21.5. The number of likely N-dealkylation sites (tertiary alicyclic amines) is 1. The van der Waals surface area contributed by atoms with Crippen LogP contribution in [0.25, 0.3) is 11.0 Å². The number of fused-ring (bicyclic) bond motifs is 3. The van der Waals surface area contributed by atoms with E-state index in [1.165, 1.54) is 44.9 Å². The van der Waals surface area contributed by atoms with Crippen LogP contribution in [0.5, 0.6) is 0 Å². The molecule has 2 aliphatic carbocycles. The molecule has 3 aliphatic rings. The molecule has 6 nitrogen and oxygen atoms in total. The number of aryl methyl sites for hydroxylation is 1. The van der Waals surface area contributed by atoms with Crippen molar-refractivity contribution in [1.29, 1.82) is 0 Å². The maximum Gasteiger partial charge on any atom is 0.360 e. The van der Waals surface area contributed by atoms with Crippen LogP contribution in [0.2, 0.25) is 0 Å². The standard InChI is InChI=1S/C29H41N3O3/c1-18(2)22-14-20-13-21(15-22)17-24(16-20)32-19(3)7-6-8-23(32)11-12-31-26-10-5-4-9-25(26)30-27(28(31)33)29(34)35/h4-5,9-10,18-24H,6-8,11-17H2,1-3H3,(H,34,35)/t19-,20-,21+,22?,23-,24?/m0/s1. The van der Waals surface area contributed by atoms with Gasteiger partial charge in [-0.3, -0.25) is 9.69 Å². The van der Waals surface area contributed by atoms with Crippen molar-refractivity contribution in [3.8, 4) is 0 Å². The van der Waals surface area contributed by atoms with Crippen LogP contribution in [0.15, 0.2) is 29.1 Å². The van der Waals surface area contributed by atoms with Crippen LogP contribution in [0.3, 0.4) is 0 Å². The number of para-hydroxylation sites is 2. The van der Waals surface area contributed by atoms with Crippen molar-refractivity contribution in [2.75, 3.05) is 0 Å². The normalized spacial score (nSPS) is 31.7. The molecule has 2 unspecified atom stereocenters. The van der Waals surface area contributed by atoms with Gasteiger partial charge in [0.2, 0.25) is 5.69 Å². The van der Waals surface area contributed by atoms with E-state index in [0.717, 1.165) is 42.0 Å². The number of carbonyl (C=O) groups is 1. The van der Waals surface area contributed by atoms with Gasteiger partial charge in [0.05, 0.1) is 11.0 Å². The predicted octanol–water partition coefficient (Wildman–Crippen LogP) is 5.58. The Bertz CT molecular complexity index is 1110. The van der Waals surface area contributed by atoms with E-state index < -0.39 is 11.5 Å². The highest BCUT2D eigenvalue weighted by molar-refractivity contribution is 5.88. The van der Waals surface area contributed by atoms with Crippen LogP contribution in [-0.2, 0) is 6.54 Å². The second kappa shape index (κ2) is 10.0. The number of hydrogen-bond acceptors (Lipinski definition) is 4. The molecule has 2 aromatic rings. The number of aromatic carboxylic acids is 1. The van der Waals surface area contributed by atoms with Gasteiger partial charge in [0, 0.05) is 24.7 Å². The first kappa shape index (κ1) is 24.5. The average Bonchev–Trinajstić information content (AvgIpc) is 2.82. The summed E-state index contributed by atoms with van der Waals surface area (Å²) >= 11 is 0. The van der Waals surface area contributed by atoms with Crippen LogP contribution in [0.1, 0.15) is 89.0 Å². The van der Waals surface area contributed by atoms with E-state index in [4.69, 9.17) is 0 Å². The Kier molecular flexibility index (Phi) is 7.02. The first-order valence-electron chi connectivity index (χ1n) is 13.8. The topological polar surface area (TPSA) is 75.4 Å². The molecule has 1 N–H and O–H groups in total. The zero-order chi connectivity index (χ0) is 24.7. The van der Waals surface area contributed by atoms with Crippen LogP contribution in [0, 0.1) is 23.7 Å². The van der Waals surface area contributed by atoms with E-state index in [1.807, 2.05) is 18.2 Å². The molecule has 1 aromatic heterocycles. The Labute approximate surface area is 208 Å². The molecule has 6 atom stereocenters. The lowest BCUT2D eigenvalue weighted by molar-refractivity contribution is -0.0211. The van der Waals surface area contributed by atoms with E-state index in [1.54, 1.807) is 10.6 Å². The summed E-state index contributed by atoms with van der Waals surface area (Å²) in [5.74, 6) is 2.15. The molecule has 1 aromatic carbocycles. The molecule has 0 radical (unpaired) electrons. The van der Waals surface area contributed by atoms with Gasteiger partial charge in [-0.05, 0) is 94.1 Å². The quantitative estimate of drug-likeness (QED) is 0.585. The van der Waals surface area contributed by atoms with E-state index in [-0.39, 0.29) is 5.69 Å². The van der Waals surface area contributed by atoms with E-state index in [2.05, 4.69) is 30.7 Å². The van der Waals surface area contributed by atoms with Crippen molar-refractivity contribution in [3.63, 3.8) is 0 Å². The summed E-state index contributed by atoms with van der Waals surface area (Å²) in [7, 11) is 0. The fraction of sp³-hybridized carbons (Fsp3) is 0.690. The summed E-state index contributed by atoms with van der Waals surface area (Å²) in [6, 6.07) is 9.05. The molecule has 5 rings (SSSR count). The third kappa shape index (κ3) is 4.91. The molecule has 1 aliphatic heterocycles. The first-order valence-corrected chi connectivity index (χ1v) is 13.8. The second-order valence-electron chi connectivity index (χ2n) is 11.9. The maximum absolute atomic E-state index is 13.1. The summed E-state index contributed by atoms with van der Waals surface area (Å²) in [4.78, 5) is 31.7. The van der Waals surface area contributed by atoms with E-state index in [0.29, 0.717) is 30.2 Å². The van der Waals surface area contributed by atoms with Crippen LogP contribution < -0.4 is 5.56 Å². The molecule has 35 heavy (non-hydrogen) atoms. The van der Waals surface area contributed by atoms with Gasteiger partial charge >= 0.3 is 5.97 Å². The molecule has 6 heteroatoms. The molecule has 3 fully saturated rings. The van der Waals surface area contributed by atoms with Crippen LogP contribution in [-0.4, -0.2) is 43.7 Å². The Morgan fingerprint density at radius 2 is 1.80 bits per heavy atom. The molecule has 1 saturated heterocycles. The number of aromatic nitrogens is 2. The molecular weight excluding hydrogens is 438 g/mol. The molecule has 0 amide bonds. The van der Waals surface area contributed by atoms with Gasteiger partial charge in [-0.2, -0.15) is 0 Å². The largest absolute Gasteiger partial charge is 0.476 e. The van der Waals surface area contributed by atoms with Crippen molar-refractivity contribution in [3.05, 3.63) is 40.3 Å². The van der Waals surface area contributed by atoms with Gasteiger partial charge in [-0.15, -0.1) is 0 Å². The third-order valence-corrected chi connectivity index (χ3v) is 9.34. The Morgan fingerprint density at radius 1 is 1.09 bits per heavy atom. The molecule has 190 valence electrons. The van der Waals surface area contributed by atoms with E-state index in [9.17, 15) is 14.7 Å². The fourth-order valence-electron chi connectivity index (χ4n) is 7.75. The average molecular weight is 480 g/mol. The highest BCUT2D eigenvalue weighted by Gasteiger charge is 2.42. The minimum absolute atomic E-state index is 0.377. The molecule has 2 bridgehead atoms. The van der Waals surface area contributed by atoms with Gasteiger partial charge in [0.25, 0.3) is 5.56 Å². The van der Waals surface area contributed by atoms with Crippen LogP contribution in [0.4, 0.5) is 0 Å². The number of benzene rings is 1. The minimum atomic E-state index is -1.25. The summed E-state index contributed by atoms with van der Waals surface area (Å²) < 4.78 is 1.66. The van der Waals surface area contributed by atoms with Gasteiger partial charge in [-0.1, -0.05) is 32.4 Å². The third-order valence-electron chi connectivity index (χ3n) is 9.34. The minimum Gasteiger partial charge on any atom is -0.476 e. The van der Waals surface area contributed by atoms with Crippen molar-refractivity contribution >= 4 is 17.0 Å².